The lowest BCUT2D eigenvalue weighted by molar-refractivity contribution is -0.145. The molecule has 0 saturated heterocycles. The van der Waals surface area contributed by atoms with Gasteiger partial charge in [-0.1, -0.05) is 12.2 Å². The molecule has 0 saturated carbocycles. The van der Waals surface area contributed by atoms with Gasteiger partial charge in [0.15, 0.2) is 0 Å². The van der Waals surface area contributed by atoms with Gasteiger partial charge in [-0.05, 0) is 13.3 Å². The van der Waals surface area contributed by atoms with Gasteiger partial charge in [0.05, 0.1) is 11.0 Å². The molecule has 0 heterocycles. The zero-order chi connectivity index (χ0) is 14.1. The van der Waals surface area contributed by atoms with E-state index in [2.05, 4.69) is 0 Å². The van der Waals surface area contributed by atoms with Crippen LogP contribution < -0.4 is 0 Å². The summed E-state index contributed by atoms with van der Waals surface area (Å²) in [4.78, 5) is 35.3. The molecule has 0 fully saturated rings. The number of hydrogen-bond acceptors (Lipinski definition) is 3. The Morgan fingerprint density at radius 2 is 1.83 bits per heavy atom. The number of carboxylic acid groups (broad SMARTS) is 2. The number of carboxylic acids is 2. The molecule has 1 aliphatic rings. The molecule has 0 aromatic heterocycles. The minimum atomic E-state index is -1.29. The third-order valence-electron chi connectivity index (χ3n) is 2.87. The summed E-state index contributed by atoms with van der Waals surface area (Å²) >= 11 is 0. The van der Waals surface area contributed by atoms with E-state index in [4.69, 9.17) is 10.2 Å². The second-order valence-corrected chi connectivity index (χ2v) is 4.63. The third-order valence-corrected chi connectivity index (χ3v) is 2.87. The maximum atomic E-state index is 11.8. The molecule has 18 heavy (non-hydrogen) atoms. The van der Waals surface area contributed by atoms with E-state index in [0.717, 1.165) is 0 Å². The molecule has 98 valence electrons. The Morgan fingerprint density at radius 1 is 1.28 bits per heavy atom. The Hall–Kier alpha value is -2.11. The van der Waals surface area contributed by atoms with E-state index in [1.54, 1.807) is 0 Å². The summed E-state index contributed by atoms with van der Waals surface area (Å²) < 4.78 is 0. The Kier molecular flexibility index (Phi) is 3.59. The number of aliphatic carboxylic acids is 2. The highest BCUT2D eigenvalue weighted by molar-refractivity contribution is 6.05. The monoisotopic (exact) mass is 253 g/mol. The standard InChI is InChI=1S/C12H15NO5/c1-12(11(17)18)5-4-7(9(14)13(2)3)8(6-12)10(15)16/h4-5H,6H2,1-3H3,(H,15,16)(H,17,18). The molecule has 1 rings (SSSR count). The van der Waals surface area contributed by atoms with E-state index >= 15 is 0 Å². The summed E-state index contributed by atoms with van der Waals surface area (Å²) in [5.41, 5.74) is -1.42. The summed E-state index contributed by atoms with van der Waals surface area (Å²) in [6, 6.07) is 0. The Balaban J connectivity index is 3.25. The Labute approximate surface area is 104 Å². The van der Waals surface area contributed by atoms with Gasteiger partial charge in [-0.25, -0.2) is 4.79 Å². The van der Waals surface area contributed by atoms with Crippen molar-refractivity contribution in [3.63, 3.8) is 0 Å². The van der Waals surface area contributed by atoms with Crippen LogP contribution in [0.1, 0.15) is 13.3 Å². The molecule has 2 N–H and O–H groups in total. The fourth-order valence-electron chi connectivity index (χ4n) is 1.67. The molecular weight excluding hydrogens is 238 g/mol. The van der Waals surface area contributed by atoms with E-state index in [0.29, 0.717) is 0 Å². The first kappa shape index (κ1) is 14.0. The van der Waals surface area contributed by atoms with Crippen LogP contribution in [0, 0.1) is 5.41 Å². The summed E-state index contributed by atoms with van der Waals surface area (Å²) in [5.74, 6) is -2.83. The van der Waals surface area contributed by atoms with Gasteiger partial charge in [0.2, 0.25) is 0 Å². The second kappa shape index (κ2) is 4.64. The van der Waals surface area contributed by atoms with Gasteiger partial charge in [-0.3, -0.25) is 9.59 Å². The first-order chi connectivity index (χ1) is 8.19. The predicted octanol–water partition coefficient (Wildman–Crippen LogP) is 0.507. The zero-order valence-corrected chi connectivity index (χ0v) is 10.4. The summed E-state index contributed by atoms with van der Waals surface area (Å²) in [7, 11) is 3.02. The van der Waals surface area contributed by atoms with E-state index in [-0.39, 0.29) is 17.6 Å². The highest BCUT2D eigenvalue weighted by Gasteiger charge is 2.38. The van der Waals surface area contributed by atoms with Gasteiger partial charge in [0.1, 0.15) is 0 Å². The van der Waals surface area contributed by atoms with Crippen molar-refractivity contribution >= 4 is 17.8 Å². The average Bonchev–Trinajstić information content (AvgIpc) is 2.27. The largest absolute Gasteiger partial charge is 0.481 e. The predicted molar refractivity (Wildman–Crippen MR) is 62.9 cm³/mol. The minimum absolute atomic E-state index is 0.0335. The zero-order valence-electron chi connectivity index (χ0n) is 10.4. The quantitative estimate of drug-likeness (QED) is 0.764. The molecule has 0 aromatic carbocycles. The first-order valence-electron chi connectivity index (χ1n) is 5.30. The van der Waals surface area contributed by atoms with Gasteiger partial charge in [0.25, 0.3) is 5.91 Å². The number of rotatable bonds is 3. The minimum Gasteiger partial charge on any atom is -0.481 e. The molecule has 1 unspecified atom stereocenters. The number of hydrogen-bond donors (Lipinski definition) is 2. The average molecular weight is 253 g/mol. The van der Waals surface area contributed by atoms with Crippen molar-refractivity contribution < 1.29 is 24.6 Å². The van der Waals surface area contributed by atoms with Crippen molar-refractivity contribution in [3.05, 3.63) is 23.3 Å². The molecule has 0 bridgehead atoms. The van der Waals surface area contributed by atoms with Crippen molar-refractivity contribution in [1.82, 2.24) is 4.90 Å². The SMILES string of the molecule is CN(C)C(=O)C1=C(C(=O)O)CC(C)(C(=O)O)C=C1. The molecular formula is C12H15NO5. The van der Waals surface area contributed by atoms with Gasteiger partial charge in [-0.15, -0.1) is 0 Å². The second-order valence-electron chi connectivity index (χ2n) is 4.63. The van der Waals surface area contributed by atoms with Crippen LogP contribution >= 0.6 is 0 Å². The Morgan fingerprint density at radius 3 is 2.22 bits per heavy atom. The highest BCUT2D eigenvalue weighted by Crippen LogP contribution is 2.34. The smallest absolute Gasteiger partial charge is 0.332 e. The fraction of sp³-hybridized carbons (Fsp3) is 0.417. The lowest BCUT2D eigenvalue weighted by Crippen LogP contribution is -2.33. The molecule has 0 aliphatic heterocycles. The van der Waals surface area contributed by atoms with E-state index in [9.17, 15) is 14.4 Å². The molecule has 0 radical (unpaired) electrons. The topological polar surface area (TPSA) is 94.9 Å². The van der Waals surface area contributed by atoms with Gasteiger partial charge >= 0.3 is 11.9 Å². The summed E-state index contributed by atoms with van der Waals surface area (Å²) in [6.07, 6.45) is 2.44. The van der Waals surface area contributed by atoms with E-state index in [1.165, 1.54) is 38.1 Å². The van der Waals surface area contributed by atoms with Crippen LogP contribution in [0.4, 0.5) is 0 Å². The first-order valence-corrected chi connectivity index (χ1v) is 5.30. The van der Waals surface area contributed by atoms with Gasteiger partial charge < -0.3 is 15.1 Å². The van der Waals surface area contributed by atoms with Crippen LogP contribution in [0.25, 0.3) is 0 Å². The lowest BCUT2D eigenvalue weighted by Gasteiger charge is -2.26. The molecule has 1 amide bonds. The van der Waals surface area contributed by atoms with Crippen molar-refractivity contribution in [3.8, 4) is 0 Å². The lowest BCUT2D eigenvalue weighted by atomic mass is 9.77. The number of amides is 1. The van der Waals surface area contributed by atoms with Crippen molar-refractivity contribution in [1.29, 1.82) is 0 Å². The molecule has 1 atom stereocenters. The van der Waals surface area contributed by atoms with Crippen LogP contribution in [0.5, 0.6) is 0 Å². The molecule has 0 aromatic rings. The van der Waals surface area contributed by atoms with Crippen LogP contribution in [-0.2, 0) is 14.4 Å². The number of likely N-dealkylation sites (N-methyl/N-ethyl adjacent to an activating group) is 1. The van der Waals surface area contributed by atoms with Gasteiger partial charge in [-0.2, -0.15) is 0 Å². The highest BCUT2D eigenvalue weighted by atomic mass is 16.4. The fourth-order valence-corrected chi connectivity index (χ4v) is 1.67. The van der Waals surface area contributed by atoms with Crippen molar-refractivity contribution in [2.24, 2.45) is 5.41 Å². The number of carbonyl (C=O) groups is 3. The van der Waals surface area contributed by atoms with Crippen molar-refractivity contribution in [2.45, 2.75) is 13.3 Å². The number of carbonyl (C=O) groups excluding carboxylic acids is 1. The Bertz CT molecular complexity index is 475. The summed E-state index contributed by atoms with van der Waals surface area (Å²) in [6.45, 7) is 1.42. The summed E-state index contributed by atoms with van der Waals surface area (Å²) in [5, 5.41) is 18.2. The molecule has 1 aliphatic carbocycles. The van der Waals surface area contributed by atoms with Crippen LogP contribution in [-0.4, -0.2) is 47.1 Å². The van der Waals surface area contributed by atoms with E-state index in [1.807, 2.05) is 0 Å². The molecule has 6 heteroatoms. The van der Waals surface area contributed by atoms with Crippen LogP contribution in [0.3, 0.4) is 0 Å². The van der Waals surface area contributed by atoms with Crippen LogP contribution in [0.2, 0.25) is 0 Å². The van der Waals surface area contributed by atoms with Crippen molar-refractivity contribution in [2.75, 3.05) is 14.1 Å². The normalized spacial score (nSPS) is 22.8. The molecule has 0 spiro atoms. The maximum Gasteiger partial charge on any atom is 0.332 e. The van der Waals surface area contributed by atoms with Crippen LogP contribution in [0.15, 0.2) is 23.3 Å². The molecule has 6 nitrogen and oxygen atoms in total. The number of nitrogens with zero attached hydrogens (tertiary/aromatic N) is 1. The maximum absolute atomic E-state index is 11.8. The third kappa shape index (κ3) is 2.42. The van der Waals surface area contributed by atoms with Gasteiger partial charge in [0, 0.05) is 19.7 Å². The van der Waals surface area contributed by atoms with E-state index < -0.39 is 23.3 Å².